The third kappa shape index (κ3) is 3.03. The van der Waals surface area contributed by atoms with Crippen LogP contribution < -0.4 is 20.3 Å². The SMILES string of the molecule is COc1ccc2c(c1OC)C(=O)O[C@H]2NNC(=O)C1CCCCC1. The molecule has 1 amide bonds. The van der Waals surface area contributed by atoms with Gasteiger partial charge in [-0.1, -0.05) is 19.3 Å². The van der Waals surface area contributed by atoms with E-state index in [0.29, 0.717) is 22.6 Å². The monoisotopic (exact) mass is 334 g/mol. The third-order valence-electron chi connectivity index (χ3n) is 4.59. The molecular formula is C17H22N2O5. The molecule has 7 nitrogen and oxygen atoms in total. The van der Waals surface area contributed by atoms with Gasteiger partial charge in [-0.3, -0.25) is 10.2 Å². The fourth-order valence-electron chi connectivity index (χ4n) is 3.31. The Bertz CT molecular complexity index is 640. The highest BCUT2D eigenvalue weighted by molar-refractivity contribution is 5.98. The number of esters is 1. The molecule has 1 saturated carbocycles. The predicted octanol–water partition coefficient (Wildman–Crippen LogP) is 2.07. The Labute approximate surface area is 140 Å². The van der Waals surface area contributed by atoms with Crippen LogP contribution in [0.3, 0.4) is 0 Å². The molecule has 1 aromatic carbocycles. The van der Waals surface area contributed by atoms with Crippen molar-refractivity contribution in [2.45, 2.75) is 38.3 Å². The number of carbonyl (C=O) groups excluding carboxylic acids is 2. The van der Waals surface area contributed by atoms with Gasteiger partial charge in [0.1, 0.15) is 5.56 Å². The van der Waals surface area contributed by atoms with Gasteiger partial charge >= 0.3 is 5.97 Å². The topological polar surface area (TPSA) is 85.9 Å². The van der Waals surface area contributed by atoms with Crippen LogP contribution in [0, 0.1) is 5.92 Å². The van der Waals surface area contributed by atoms with Crippen molar-refractivity contribution in [2.24, 2.45) is 5.92 Å². The highest BCUT2D eigenvalue weighted by atomic mass is 16.6. The number of hydrazine groups is 1. The number of rotatable bonds is 5. The normalized spacial score (nSPS) is 20.2. The van der Waals surface area contributed by atoms with E-state index in [2.05, 4.69) is 10.9 Å². The molecule has 1 aliphatic carbocycles. The summed E-state index contributed by atoms with van der Waals surface area (Å²) < 4.78 is 15.8. The summed E-state index contributed by atoms with van der Waals surface area (Å²) in [4.78, 5) is 24.4. The molecule has 130 valence electrons. The van der Waals surface area contributed by atoms with Gasteiger partial charge < -0.3 is 14.2 Å². The maximum absolute atomic E-state index is 12.2. The van der Waals surface area contributed by atoms with Crippen molar-refractivity contribution in [3.8, 4) is 11.5 Å². The number of methoxy groups -OCH3 is 2. The molecule has 2 N–H and O–H groups in total. The predicted molar refractivity (Wildman–Crippen MR) is 85.6 cm³/mol. The summed E-state index contributed by atoms with van der Waals surface area (Å²) in [5, 5.41) is 0. The zero-order valence-electron chi connectivity index (χ0n) is 13.9. The fraction of sp³-hybridized carbons (Fsp3) is 0.529. The average molecular weight is 334 g/mol. The first kappa shape index (κ1) is 16.6. The fourth-order valence-corrected chi connectivity index (χ4v) is 3.31. The smallest absolute Gasteiger partial charge is 0.344 e. The summed E-state index contributed by atoms with van der Waals surface area (Å²) in [6.45, 7) is 0. The molecular weight excluding hydrogens is 312 g/mol. The van der Waals surface area contributed by atoms with Crippen LogP contribution in [-0.4, -0.2) is 26.1 Å². The van der Waals surface area contributed by atoms with Crippen molar-refractivity contribution in [3.05, 3.63) is 23.3 Å². The van der Waals surface area contributed by atoms with Gasteiger partial charge in [-0.15, -0.1) is 0 Å². The van der Waals surface area contributed by atoms with E-state index < -0.39 is 12.2 Å². The number of hydrogen-bond donors (Lipinski definition) is 2. The molecule has 0 bridgehead atoms. The lowest BCUT2D eigenvalue weighted by molar-refractivity contribution is -0.128. The highest BCUT2D eigenvalue weighted by Crippen LogP contribution is 2.40. The molecule has 0 unspecified atom stereocenters. The second kappa shape index (κ2) is 7.09. The van der Waals surface area contributed by atoms with E-state index in [1.807, 2.05) is 0 Å². The van der Waals surface area contributed by atoms with E-state index in [-0.39, 0.29) is 11.8 Å². The van der Waals surface area contributed by atoms with Gasteiger partial charge in [0.2, 0.25) is 5.91 Å². The van der Waals surface area contributed by atoms with E-state index >= 15 is 0 Å². The van der Waals surface area contributed by atoms with Gasteiger partial charge in [0.05, 0.1) is 14.2 Å². The molecule has 1 aromatic rings. The number of amides is 1. The molecule has 0 aromatic heterocycles. The van der Waals surface area contributed by atoms with Crippen LogP contribution in [0.4, 0.5) is 0 Å². The van der Waals surface area contributed by atoms with Crippen molar-refractivity contribution in [1.82, 2.24) is 10.9 Å². The summed E-state index contributed by atoms with van der Waals surface area (Å²) in [6, 6.07) is 3.43. The van der Waals surface area contributed by atoms with Crippen molar-refractivity contribution in [3.63, 3.8) is 0 Å². The molecule has 1 heterocycles. The van der Waals surface area contributed by atoms with E-state index in [4.69, 9.17) is 14.2 Å². The second-order valence-electron chi connectivity index (χ2n) is 6.02. The Kier molecular flexibility index (Phi) is 4.89. The van der Waals surface area contributed by atoms with Gasteiger partial charge in [0.25, 0.3) is 0 Å². The van der Waals surface area contributed by atoms with Crippen LogP contribution in [0.5, 0.6) is 11.5 Å². The van der Waals surface area contributed by atoms with Gasteiger partial charge in [-0.05, 0) is 25.0 Å². The van der Waals surface area contributed by atoms with Gasteiger partial charge in [-0.25, -0.2) is 4.79 Å². The van der Waals surface area contributed by atoms with Crippen molar-refractivity contribution < 1.29 is 23.8 Å². The van der Waals surface area contributed by atoms with Crippen molar-refractivity contribution >= 4 is 11.9 Å². The number of fused-ring (bicyclic) bond motifs is 1. The molecule has 1 fully saturated rings. The summed E-state index contributed by atoms with van der Waals surface area (Å²) in [7, 11) is 2.97. The van der Waals surface area contributed by atoms with E-state index in [1.165, 1.54) is 20.6 Å². The quantitative estimate of drug-likeness (QED) is 0.633. The largest absolute Gasteiger partial charge is 0.493 e. The molecule has 0 spiro atoms. The second-order valence-corrected chi connectivity index (χ2v) is 6.02. The standard InChI is InChI=1S/C17H22N2O5/c1-22-12-9-8-11-13(14(12)23-2)17(21)24-16(11)19-18-15(20)10-6-4-3-5-7-10/h8-10,16,19H,3-7H2,1-2H3,(H,18,20)/t16-/m1/s1. The minimum atomic E-state index is -0.736. The van der Waals surface area contributed by atoms with E-state index in [0.717, 1.165) is 25.7 Å². The Morgan fingerprint density at radius 1 is 1.17 bits per heavy atom. The number of cyclic esters (lactones) is 1. The molecule has 1 aliphatic heterocycles. The third-order valence-corrected chi connectivity index (χ3v) is 4.59. The summed E-state index contributed by atoms with van der Waals surface area (Å²) in [5.74, 6) is 0.251. The lowest BCUT2D eigenvalue weighted by Crippen LogP contribution is -2.43. The Balaban J connectivity index is 1.71. The minimum absolute atomic E-state index is 0.0215. The van der Waals surface area contributed by atoms with Gasteiger partial charge in [0, 0.05) is 11.5 Å². The summed E-state index contributed by atoms with van der Waals surface area (Å²) in [6.07, 6.45) is 4.41. The van der Waals surface area contributed by atoms with Gasteiger partial charge in [0.15, 0.2) is 17.7 Å². The number of ether oxygens (including phenoxy) is 3. The van der Waals surface area contributed by atoms with Crippen LogP contribution in [0.15, 0.2) is 12.1 Å². The van der Waals surface area contributed by atoms with Crippen LogP contribution >= 0.6 is 0 Å². The van der Waals surface area contributed by atoms with Crippen LogP contribution in [0.1, 0.15) is 54.3 Å². The van der Waals surface area contributed by atoms with E-state index in [9.17, 15) is 9.59 Å². The first-order valence-corrected chi connectivity index (χ1v) is 8.17. The number of hydrogen-bond acceptors (Lipinski definition) is 6. The van der Waals surface area contributed by atoms with Gasteiger partial charge in [-0.2, -0.15) is 5.43 Å². The molecule has 2 aliphatic rings. The van der Waals surface area contributed by atoms with Crippen LogP contribution in [0.2, 0.25) is 0 Å². The van der Waals surface area contributed by atoms with Crippen LogP contribution in [-0.2, 0) is 9.53 Å². The number of nitrogens with one attached hydrogen (secondary N) is 2. The zero-order valence-corrected chi connectivity index (χ0v) is 13.9. The molecule has 7 heteroatoms. The minimum Gasteiger partial charge on any atom is -0.493 e. The molecule has 1 atom stereocenters. The number of carbonyl (C=O) groups is 2. The van der Waals surface area contributed by atoms with Crippen molar-refractivity contribution in [2.75, 3.05) is 14.2 Å². The zero-order chi connectivity index (χ0) is 17.1. The Hall–Kier alpha value is -2.28. The Morgan fingerprint density at radius 2 is 1.92 bits per heavy atom. The average Bonchev–Trinajstić information content (AvgIpc) is 2.95. The molecule has 0 radical (unpaired) electrons. The van der Waals surface area contributed by atoms with Crippen LogP contribution in [0.25, 0.3) is 0 Å². The Morgan fingerprint density at radius 3 is 2.58 bits per heavy atom. The molecule has 24 heavy (non-hydrogen) atoms. The number of benzene rings is 1. The summed E-state index contributed by atoms with van der Waals surface area (Å²) >= 11 is 0. The summed E-state index contributed by atoms with van der Waals surface area (Å²) in [5.41, 5.74) is 6.43. The lowest BCUT2D eigenvalue weighted by atomic mass is 9.89. The first-order valence-electron chi connectivity index (χ1n) is 8.17. The van der Waals surface area contributed by atoms with Crippen molar-refractivity contribution in [1.29, 1.82) is 0 Å². The lowest BCUT2D eigenvalue weighted by Gasteiger charge is -2.22. The maximum atomic E-state index is 12.2. The van der Waals surface area contributed by atoms with E-state index in [1.54, 1.807) is 12.1 Å². The maximum Gasteiger partial charge on any atom is 0.344 e. The molecule has 0 saturated heterocycles. The first-order chi connectivity index (χ1) is 11.7. The highest BCUT2D eigenvalue weighted by Gasteiger charge is 2.36. The molecule has 3 rings (SSSR count).